The van der Waals surface area contributed by atoms with Crippen LogP contribution < -0.4 is 5.32 Å². The van der Waals surface area contributed by atoms with Crippen LogP contribution in [0, 0.1) is 12.3 Å². The lowest BCUT2D eigenvalue weighted by Gasteiger charge is -2.63. The van der Waals surface area contributed by atoms with Gasteiger partial charge in [-0.05, 0) is 32.6 Å². The second-order valence-electron chi connectivity index (χ2n) is 6.80. The second kappa shape index (κ2) is 5.22. The zero-order chi connectivity index (χ0) is 15.2. The molecule has 2 aliphatic heterocycles. The third kappa shape index (κ3) is 2.10. The highest BCUT2D eigenvalue weighted by Crippen LogP contribution is 2.55. The first-order valence-electron chi connectivity index (χ1n) is 8.14. The molecule has 0 aromatic carbocycles. The largest absolute Gasteiger partial charge is 0.376 e. The van der Waals surface area contributed by atoms with Crippen molar-refractivity contribution in [1.82, 2.24) is 20.5 Å². The predicted octanol–water partition coefficient (Wildman–Crippen LogP) is 1.62. The molecule has 3 fully saturated rings. The molecular weight excluding hydrogens is 284 g/mol. The molecule has 3 heterocycles. The predicted molar refractivity (Wildman–Crippen MR) is 77.0 cm³/mol. The molecule has 2 atom stereocenters. The Morgan fingerprint density at radius 2 is 2.27 bits per heavy atom. The van der Waals surface area contributed by atoms with Gasteiger partial charge in [0.2, 0.25) is 0 Å². The highest BCUT2D eigenvalue weighted by Gasteiger charge is 2.60. The summed E-state index contributed by atoms with van der Waals surface area (Å²) in [4.78, 5) is 14.5. The Morgan fingerprint density at radius 1 is 1.41 bits per heavy atom. The van der Waals surface area contributed by atoms with Crippen molar-refractivity contribution in [2.75, 3.05) is 13.2 Å². The van der Waals surface area contributed by atoms with E-state index < -0.39 is 0 Å². The Hall–Kier alpha value is -1.63. The summed E-state index contributed by atoms with van der Waals surface area (Å²) in [6.45, 7) is 3.87. The van der Waals surface area contributed by atoms with Gasteiger partial charge in [0.1, 0.15) is 11.4 Å². The maximum atomic E-state index is 12.5. The summed E-state index contributed by atoms with van der Waals surface area (Å²) >= 11 is 0. The number of carbonyl (C=O) groups is 1. The van der Waals surface area contributed by atoms with Crippen molar-refractivity contribution in [2.45, 2.75) is 57.7 Å². The number of urea groups is 1. The normalized spacial score (nSPS) is 29.2. The molecular formula is C15H22N4O3. The number of rotatable bonds is 3. The van der Waals surface area contributed by atoms with Crippen molar-refractivity contribution >= 4 is 6.03 Å². The Labute approximate surface area is 129 Å². The van der Waals surface area contributed by atoms with E-state index in [1.54, 1.807) is 0 Å². The number of ether oxygens (including phenoxy) is 1. The zero-order valence-corrected chi connectivity index (χ0v) is 12.9. The molecule has 120 valence electrons. The van der Waals surface area contributed by atoms with Crippen LogP contribution in [0.4, 0.5) is 4.79 Å². The average Bonchev–Trinajstić information content (AvgIpc) is 3.06. The van der Waals surface area contributed by atoms with Gasteiger partial charge in [0.05, 0.1) is 18.7 Å². The Balaban J connectivity index is 1.40. The monoisotopic (exact) mass is 306 g/mol. The third-order valence-corrected chi connectivity index (χ3v) is 5.53. The van der Waals surface area contributed by atoms with Gasteiger partial charge in [-0.1, -0.05) is 16.7 Å². The molecule has 4 rings (SSSR count). The zero-order valence-electron chi connectivity index (χ0n) is 12.9. The first-order chi connectivity index (χ1) is 10.7. The van der Waals surface area contributed by atoms with Crippen molar-refractivity contribution in [1.29, 1.82) is 0 Å². The average molecular weight is 306 g/mol. The van der Waals surface area contributed by atoms with E-state index in [1.807, 2.05) is 11.8 Å². The minimum Gasteiger partial charge on any atom is -0.376 e. The lowest BCUT2D eigenvalue weighted by molar-refractivity contribution is -0.148. The summed E-state index contributed by atoms with van der Waals surface area (Å²) in [6.07, 6.45) is 6.14. The van der Waals surface area contributed by atoms with Gasteiger partial charge >= 0.3 is 6.03 Å². The molecule has 0 bridgehead atoms. The SMILES string of the molecule is Cc1nonc1CNC(=O)N1CC2(CCC2)C1C1CCCO1. The number of aromatic nitrogens is 2. The fraction of sp³-hybridized carbons (Fsp3) is 0.800. The third-order valence-electron chi connectivity index (χ3n) is 5.53. The van der Waals surface area contributed by atoms with Crippen molar-refractivity contribution < 1.29 is 14.2 Å². The number of nitrogens with zero attached hydrogens (tertiary/aromatic N) is 3. The number of amides is 2. The molecule has 1 aromatic heterocycles. The lowest BCUT2D eigenvalue weighted by atomic mass is 9.56. The molecule has 22 heavy (non-hydrogen) atoms. The first-order valence-corrected chi connectivity index (χ1v) is 8.14. The Bertz CT molecular complexity index is 563. The van der Waals surface area contributed by atoms with E-state index in [1.165, 1.54) is 19.3 Å². The number of carbonyl (C=O) groups excluding carboxylic acids is 1. The lowest BCUT2D eigenvalue weighted by Crippen LogP contribution is -2.73. The molecule has 0 radical (unpaired) electrons. The van der Waals surface area contributed by atoms with Gasteiger partial charge in [0, 0.05) is 18.6 Å². The van der Waals surface area contributed by atoms with E-state index in [-0.39, 0.29) is 18.2 Å². The second-order valence-corrected chi connectivity index (χ2v) is 6.80. The van der Waals surface area contributed by atoms with Crippen LogP contribution in [0.3, 0.4) is 0 Å². The standard InChI is InChI=1S/C15H22N4O3/c1-10-11(18-22-17-10)8-16-14(20)19-9-15(5-3-6-15)13(19)12-4-2-7-21-12/h12-13H,2-9H2,1H3,(H,16,20). The topological polar surface area (TPSA) is 80.5 Å². The fourth-order valence-corrected chi connectivity index (χ4v) is 4.15. The van der Waals surface area contributed by atoms with Crippen LogP contribution >= 0.6 is 0 Å². The summed E-state index contributed by atoms with van der Waals surface area (Å²) in [5, 5.41) is 10.5. The van der Waals surface area contributed by atoms with Crippen LogP contribution in [0.15, 0.2) is 4.63 Å². The van der Waals surface area contributed by atoms with Crippen LogP contribution in [0.25, 0.3) is 0 Å². The number of hydrogen-bond acceptors (Lipinski definition) is 5. The summed E-state index contributed by atoms with van der Waals surface area (Å²) in [5.41, 5.74) is 1.73. The molecule has 2 amide bonds. The minimum absolute atomic E-state index is 0.0274. The summed E-state index contributed by atoms with van der Waals surface area (Å²) in [5.74, 6) is 0. The molecule has 3 aliphatic rings. The van der Waals surface area contributed by atoms with Gasteiger partial charge < -0.3 is 15.0 Å². The molecule has 2 saturated heterocycles. The highest BCUT2D eigenvalue weighted by molar-refractivity contribution is 5.76. The van der Waals surface area contributed by atoms with Crippen molar-refractivity contribution in [2.24, 2.45) is 5.41 Å². The van der Waals surface area contributed by atoms with Crippen molar-refractivity contribution in [3.63, 3.8) is 0 Å². The minimum atomic E-state index is -0.0274. The number of hydrogen-bond donors (Lipinski definition) is 1. The van der Waals surface area contributed by atoms with Gasteiger partial charge in [-0.15, -0.1) is 0 Å². The van der Waals surface area contributed by atoms with E-state index in [9.17, 15) is 4.79 Å². The van der Waals surface area contributed by atoms with Gasteiger partial charge in [0.25, 0.3) is 0 Å². The van der Waals surface area contributed by atoms with E-state index in [0.717, 1.165) is 31.7 Å². The fourth-order valence-electron chi connectivity index (χ4n) is 4.15. The molecule has 2 unspecified atom stereocenters. The molecule has 7 heteroatoms. The molecule has 1 spiro atoms. The summed E-state index contributed by atoms with van der Waals surface area (Å²) in [7, 11) is 0. The van der Waals surface area contributed by atoms with Gasteiger partial charge in [-0.2, -0.15) is 0 Å². The van der Waals surface area contributed by atoms with Crippen LogP contribution in [0.2, 0.25) is 0 Å². The summed E-state index contributed by atoms with van der Waals surface area (Å²) in [6, 6.07) is 0.223. The first kappa shape index (κ1) is 14.0. The molecule has 1 saturated carbocycles. The van der Waals surface area contributed by atoms with Gasteiger partial charge in [-0.3, -0.25) is 0 Å². The van der Waals surface area contributed by atoms with E-state index in [0.29, 0.717) is 17.7 Å². The molecule has 7 nitrogen and oxygen atoms in total. The van der Waals surface area contributed by atoms with Crippen molar-refractivity contribution in [3.05, 3.63) is 11.4 Å². The Morgan fingerprint density at radius 3 is 2.86 bits per heavy atom. The number of likely N-dealkylation sites (tertiary alicyclic amines) is 1. The van der Waals surface area contributed by atoms with Crippen molar-refractivity contribution in [3.8, 4) is 0 Å². The number of nitrogens with one attached hydrogen (secondary N) is 1. The van der Waals surface area contributed by atoms with Crippen LogP contribution in [0.1, 0.15) is 43.5 Å². The molecule has 1 N–H and O–H groups in total. The quantitative estimate of drug-likeness (QED) is 0.918. The van der Waals surface area contributed by atoms with Gasteiger partial charge in [0.15, 0.2) is 0 Å². The number of aryl methyl sites for hydroxylation is 1. The van der Waals surface area contributed by atoms with E-state index in [2.05, 4.69) is 20.3 Å². The van der Waals surface area contributed by atoms with Crippen LogP contribution in [-0.2, 0) is 11.3 Å². The van der Waals surface area contributed by atoms with E-state index >= 15 is 0 Å². The highest BCUT2D eigenvalue weighted by atomic mass is 16.6. The van der Waals surface area contributed by atoms with E-state index in [4.69, 9.17) is 4.74 Å². The molecule has 1 aromatic rings. The van der Waals surface area contributed by atoms with Crippen LogP contribution in [0.5, 0.6) is 0 Å². The van der Waals surface area contributed by atoms with Crippen LogP contribution in [-0.4, -0.2) is 46.5 Å². The maximum absolute atomic E-state index is 12.5. The Kier molecular flexibility index (Phi) is 3.32. The van der Waals surface area contributed by atoms with Gasteiger partial charge in [-0.25, -0.2) is 9.42 Å². The maximum Gasteiger partial charge on any atom is 0.318 e. The molecule has 1 aliphatic carbocycles. The smallest absolute Gasteiger partial charge is 0.318 e. The summed E-state index contributed by atoms with van der Waals surface area (Å²) < 4.78 is 10.5.